The van der Waals surface area contributed by atoms with Gasteiger partial charge in [-0.05, 0) is 35.6 Å². The molecule has 3 aromatic rings. The average Bonchev–Trinajstić information content (AvgIpc) is 2.92. The van der Waals surface area contributed by atoms with E-state index < -0.39 is 0 Å². The number of carbonyl (C=O) groups is 1. The van der Waals surface area contributed by atoms with Crippen molar-refractivity contribution in [2.24, 2.45) is 0 Å². The van der Waals surface area contributed by atoms with Gasteiger partial charge in [0, 0.05) is 18.3 Å². The SMILES string of the molecule is Cc1ccccc1CN(C)C(=O)c1cc2ccccc2s1. The van der Waals surface area contributed by atoms with E-state index in [-0.39, 0.29) is 5.91 Å². The maximum Gasteiger partial charge on any atom is 0.264 e. The Balaban J connectivity index is 1.82. The zero-order valence-electron chi connectivity index (χ0n) is 12.2. The second-order valence-corrected chi connectivity index (χ2v) is 6.32. The van der Waals surface area contributed by atoms with Crippen LogP contribution in [0.1, 0.15) is 20.8 Å². The zero-order chi connectivity index (χ0) is 14.8. The Labute approximate surface area is 128 Å². The predicted octanol–water partition coefficient (Wildman–Crippen LogP) is 4.48. The van der Waals surface area contributed by atoms with Crippen molar-refractivity contribution >= 4 is 27.3 Å². The van der Waals surface area contributed by atoms with Crippen LogP contribution in [0.15, 0.2) is 54.6 Å². The minimum atomic E-state index is 0.0828. The Kier molecular flexibility index (Phi) is 3.76. The standard InChI is InChI=1S/C18H17NOS/c1-13-7-3-4-9-15(13)12-19(2)18(20)17-11-14-8-5-6-10-16(14)21-17/h3-11H,12H2,1-2H3. The third kappa shape index (κ3) is 2.83. The van der Waals surface area contributed by atoms with E-state index in [0.29, 0.717) is 6.54 Å². The number of nitrogens with zero attached hydrogens (tertiary/aromatic N) is 1. The van der Waals surface area contributed by atoms with Crippen LogP contribution in [0.5, 0.6) is 0 Å². The summed E-state index contributed by atoms with van der Waals surface area (Å²) in [7, 11) is 1.86. The first-order chi connectivity index (χ1) is 10.1. The van der Waals surface area contributed by atoms with Gasteiger partial charge in [0.1, 0.15) is 0 Å². The minimum Gasteiger partial charge on any atom is -0.337 e. The van der Waals surface area contributed by atoms with Gasteiger partial charge in [-0.1, -0.05) is 42.5 Å². The van der Waals surface area contributed by atoms with E-state index >= 15 is 0 Å². The van der Waals surface area contributed by atoms with Crippen molar-refractivity contribution in [3.63, 3.8) is 0 Å². The maximum atomic E-state index is 12.6. The van der Waals surface area contributed by atoms with E-state index in [1.165, 1.54) is 11.1 Å². The van der Waals surface area contributed by atoms with Gasteiger partial charge in [0.2, 0.25) is 0 Å². The highest BCUT2D eigenvalue weighted by Gasteiger charge is 2.15. The molecule has 2 nitrogen and oxygen atoms in total. The van der Waals surface area contributed by atoms with Gasteiger partial charge in [0.05, 0.1) is 4.88 Å². The molecule has 0 aliphatic heterocycles. The summed E-state index contributed by atoms with van der Waals surface area (Å²) in [6.07, 6.45) is 0. The second-order valence-electron chi connectivity index (χ2n) is 5.24. The van der Waals surface area contributed by atoms with Crippen LogP contribution in [-0.4, -0.2) is 17.9 Å². The molecule has 0 N–H and O–H groups in total. The van der Waals surface area contributed by atoms with Crippen molar-refractivity contribution in [1.29, 1.82) is 0 Å². The number of amides is 1. The van der Waals surface area contributed by atoms with Gasteiger partial charge in [-0.2, -0.15) is 0 Å². The molecular weight excluding hydrogens is 278 g/mol. The number of hydrogen-bond acceptors (Lipinski definition) is 2. The van der Waals surface area contributed by atoms with E-state index in [0.717, 1.165) is 15.0 Å². The van der Waals surface area contributed by atoms with E-state index in [1.54, 1.807) is 16.2 Å². The highest BCUT2D eigenvalue weighted by atomic mass is 32.1. The van der Waals surface area contributed by atoms with Crippen molar-refractivity contribution < 1.29 is 4.79 Å². The molecule has 0 spiro atoms. The summed E-state index contributed by atoms with van der Waals surface area (Å²) in [6.45, 7) is 2.72. The predicted molar refractivity (Wildman–Crippen MR) is 88.8 cm³/mol. The second kappa shape index (κ2) is 5.70. The number of hydrogen-bond donors (Lipinski definition) is 0. The monoisotopic (exact) mass is 295 g/mol. The Morgan fingerprint density at radius 3 is 2.57 bits per heavy atom. The summed E-state index contributed by atoms with van der Waals surface area (Å²) in [5, 5.41) is 1.13. The first kappa shape index (κ1) is 13.8. The van der Waals surface area contributed by atoms with Crippen LogP contribution in [0.2, 0.25) is 0 Å². The fourth-order valence-electron chi connectivity index (χ4n) is 2.39. The van der Waals surface area contributed by atoms with Gasteiger partial charge in [-0.3, -0.25) is 4.79 Å². The molecule has 1 aromatic heterocycles. The van der Waals surface area contributed by atoms with Crippen LogP contribution in [0.3, 0.4) is 0 Å². The van der Waals surface area contributed by atoms with Crippen LogP contribution in [-0.2, 0) is 6.54 Å². The molecule has 0 saturated heterocycles. The van der Waals surface area contributed by atoms with Gasteiger partial charge in [-0.15, -0.1) is 11.3 Å². The first-order valence-corrected chi connectivity index (χ1v) is 7.75. The van der Waals surface area contributed by atoms with Crippen molar-refractivity contribution in [2.75, 3.05) is 7.05 Å². The Bertz CT molecular complexity index is 758. The van der Waals surface area contributed by atoms with Crippen LogP contribution < -0.4 is 0 Å². The van der Waals surface area contributed by atoms with Gasteiger partial charge >= 0.3 is 0 Å². The topological polar surface area (TPSA) is 20.3 Å². The molecule has 0 unspecified atom stereocenters. The molecule has 2 aromatic carbocycles. The van der Waals surface area contributed by atoms with E-state index in [2.05, 4.69) is 25.1 Å². The molecule has 0 aliphatic rings. The molecule has 3 rings (SSSR count). The quantitative estimate of drug-likeness (QED) is 0.697. The van der Waals surface area contributed by atoms with E-state index in [4.69, 9.17) is 0 Å². The first-order valence-electron chi connectivity index (χ1n) is 6.94. The lowest BCUT2D eigenvalue weighted by Gasteiger charge is -2.17. The number of carbonyl (C=O) groups excluding carboxylic acids is 1. The van der Waals surface area contributed by atoms with Crippen molar-refractivity contribution in [1.82, 2.24) is 4.90 Å². The molecule has 0 bridgehead atoms. The molecule has 3 heteroatoms. The Morgan fingerprint density at radius 1 is 1.10 bits per heavy atom. The number of benzene rings is 2. The molecule has 0 fully saturated rings. The molecule has 0 atom stereocenters. The van der Waals surface area contributed by atoms with Crippen LogP contribution in [0.25, 0.3) is 10.1 Å². The van der Waals surface area contributed by atoms with Gasteiger partial charge in [0.15, 0.2) is 0 Å². The number of aryl methyl sites for hydroxylation is 1. The summed E-state index contributed by atoms with van der Waals surface area (Å²) in [4.78, 5) is 15.1. The van der Waals surface area contributed by atoms with Crippen molar-refractivity contribution in [3.8, 4) is 0 Å². The highest BCUT2D eigenvalue weighted by Crippen LogP contribution is 2.26. The van der Waals surface area contributed by atoms with Crippen LogP contribution >= 0.6 is 11.3 Å². The van der Waals surface area contributed by atoms with Gasteiger partial charge in [0.25, 0.3) is 5.91 Å². The maximum absolute atomic E-state index is 12.6. The molecule has 1 heterocycles. The smallest absolute Gasteiger partial charge is 0.264 e. The molecule has 0 saturated carbocycles. The summed E-state index contributed by atoms with van der Waals surface area (Å²) in [5.74, 6) is 0.0828. The number of rotatable bonds is 3. The highest BCUT2D eigenvalue weighted by molar-refractivity contribution is 7.20. The summed E-state index contributed by atoms with van der Waals surface area (Å²) < 4.78 is 1.16. The lowest BCUT2D eigenvalue weighted by Crippen LogP contribution is -2.25. The fourth-order valence-corrected chi connectivity index (χ4v) is 3.45. The van der Waals surface area contributed by atoms with E-state index in [9.17, 15) is 4.79 Å². The lowest BCUT2D eigenvalue weighted by molar-refractivity contribution is 0.0790. The molecule has 0 aliphatic carbocycles. The molecule has 106 valence electrons. The number of fused-ring (bicyclic) bond motifs is 1. The summed E-state index contributed by atoms with van der Waals surface area (Å²) in [6, 6.07) is 18.3. The Hall–Kier alpha value is -2.13. The summed E-state index contributed by atoms with van der Waals surface area (Å²) in [5.41, 5.74) is 2.41. The van der Waals surface area contributed by atoms with Crippen LogP contribution in [0, 0.1) is 6.92 Å². The molecule has 0 radical (unpaired) electrons. The molecule has 1 amide bonds. The number of thiophene rings is 1. The van der Waals surface area contributed by atoms with Gasteiger partial charge < -0.3 is 4.90 Å². The Morgan fingerprint density at radius 2 is 1.81 bits per heavy atom. The lowest BCUT2D eigenvalue weighted by atomic mass is 10.1. The largest absolute Gasteiger partial charge is 0.337 e. The van der Waals surface area contributed by atoms with E-state index in [1.807, 2.05) is 43.4 Å². The average molecular weight is 295 g/mol. The third-order valence-electron chi connectivity index (χ3n) is 3.65. The van der Waals surface area contributed by atoms with Crippen molar-refractivity contribution in [2.45, 2.75) is 13.5 Å². The third-order valence-corrected chi connectivity index (χ3v) is 4.76. The van der Waals surface area contributed by atoms with Crippen LogP contribution in [0.4, 0.5) is 0 Å². The molecular formula is C18H17NOS. The fraction of sp³-hybridized carbons (Fsp3) is 0.167. The van der Waals surface area contributed by atoms with Crippen molar-refractivity contribution in [3.05, 3.63) is 70.6 Å². The minimum absolute atomic E-state index is 0.0828. The normalized spacial score (nSPS) is 10.8. The summed E-state index contributed by atoms with van der Waals surface area (Å²) >= 11 is 1.56. The zero-order valence-corrected chi connectivity index (χ0v) is 13.0. The molecule has 21 heavy (non-hydrogen) atoms. The van der Waals surface area contributed by atoms with Gasteiger partial charge in [-0.25, -0.2) is 0 Å².